The molecule has 0 unspecified atom stereocenters. The highest BCUT2D eigenvalue weighted by atomic mass is 16.7. The van der Waals surface area contributed by atoms with E-state index in [1.165, 1.54) is 11.8 Å². The fraction of sp³-hybridized carbons (Fsp3) is 0.270. The SMILES string of the molecule is C[C@@H](c1ccccc1)N(C)C[C@H]1C[C@@H](c2ccc(CO)cc2)O[C@@H](c2ccc(CNC(=O)c3cnc4ccccc4n3)cc2)O1. The van der Waals surface area contributed by atoms with Crippen LogP contribution in [0.1, 0.15) is 70.1 Å². The van der Waals surface area contributed by atoms with Crippen molar-refractivity contribution in [3.8, 4) is 0 Å². The van der Waals surface area contributed by atoms with Crippen molar-refractivity contribution < 1.29 is 19.4 Å². The molecule has 8 nitrogen and oxygen atoms in total. The number of para-hydroxylation sites is 2. The number of benzene rings is 4. The van der Waals surface area contributed by atoms with Crippen LogP contribution in [0.3, 0.4) is 0 Å². The maximum atomic E-state index is 12.8. The van der Waals surface area contributed by atoms with Crippen LogP contribution in [0.15, 0.2) is 109 Å². The highest BCUT2D eigenvalue weighted by Gasteiger charge is 2.33. The third-order valence-corrected chi connectivity index (χ3v) is 8.44. The molecule has 0 aliphatic carbocycles. The van der Waals surface area contributed by atoms with E-state index < -0.39 is 6.29 Å². The summed E-state index contributed by atoms with van der Waals surface area (Å²) in [5.41, 5.74) is 6.75. The number of ether oxygens (including phenoxy) is 2. The van der Waals surface area contributed by atoms with E-state index in [1.54, 1.807) is 0 Å². The minimum absolute atomic E-state index is 0.00476. The zero-order valence-electron chi connectivity index (χ0n) is 25.5. The Morgan fingerprint density at radius 2 is 1.56 bits per heavy atom. The second-order valence-corrected chi connectivity index (χ2v) is 11.5. The smallest absolute Gasteiger partial charge is 0.271 e. The molecule has 2 heterocycles. The number of nitrogens with zero attached hydrogens (tertiary/aromatic N) is 3. The van der Waals surface area contributed by atoms with Gasteiger partial charge in [0.2, 0.25) is 0 Å². The predicted octanol–water partition coefficient (Wildman–Crippen LogP) is 6.29. The maximum Gasteiger partial charge on any atom is 0.271 e. The number of amides is 1. The molecular formula is C37H38N4O4. The molecule has 1 amide bonds. The van der Waals surface area contributed by atoms with Crippen molar-refractivity contribution in [1.29, 1.82) is 0 Å². The first-order chi connectivity index (χ1) is 22.0. The van der Waals surface area contributed by atoms with Gasteiger partial charge in [-0.3, -0.25) is 14.7 Å². The van der Waals surface area contributed by atoms with Crippen LogP contribution in [0.25, 0.3) is 11.0 Å². The Hall–Kier alpha value is -4.47. The van der Waals surface area contributed by atoms with Gasteiger partial charge < -0.3 is 19.9 Å². The van der Waals surface area contributed by atoms with Gasteiger partial charge in [-0.1, -0.05) is 91.0 Å². The lowest BCUT2D eigenvalue weighted by Gasteiger charge is -2.39. The Morgan fingerprint density at radius 1 is 0.889 bits per heavy atom. The molecule has 0 spiro atoms. The van der Waals surface area contributed by atoms with E-state index in [1.807, 2.05) is 78.9 Å². The van der Waals surface area contributed by atoms with Crippen molar-refractivity contribution in [3.63, 3.8) is 0 Å². The minimum Gasteiger partial charge on any atom is -0.392 e. The second-order valence-electron chi connectivity index (χ2n) is 11.5. The van der Waals surface area contributed by atoms with Crippen molar-refractivity contribution in [2.45, 2.75) is 51.0 Å². The molecule has 4 aromatic carbocycles. The lowest BCUT2D eigenvalue weighted by molar-refractivity contribution is -0.253. The van der Waals surface area contributed by atoms with Crippen molar-refractivity contribution in [2.24, 2.45) is 0 Å². The number of carbonyl (C=O) groups is 1. The normalized spacial score (nSPS) is 19.0. The number of nitrogens with one attached hydrogen (secondary N) is 1. The molecule has 0 radical (unpaired) electrons. The van der Waals surface area contributed by atoms with E-state index in [2.05, 4.69) is 58.4 Å². The number of aliphatic hydroxyl groups excluding tert-OH is 1. The van der Waals surface area contributed by atoms with Gasteiger partial charge in [-0.25, -0.2) is 4.98 Å². The number of likely N-dealkylation sites (N-methyl/N-ethyl adjacent to an activating group) is 1. The van der Waals surface area contributed by atoms with Crippen LogP contribution in [-0.4, -0.2) is 45.6 Å². The molecule has 5 aromatic rings. The fourth-order valence-electron chi connectivity index (χ4n) is 5.63. The van der Waals surface area contributed by atoms with E-state index in [0.29, 0.717) is 18.5 Å². The van der Waals surface area contributed by atoms with Gasteiger partial charge >= 0.3 is 0 Å². The Bertz CT molecular complexity index is 1710. The monoisotopic (exact) mass is 602 g/mol. The standard InChI is InChI=1S/C37H38N4O4/c1-25(28-8-4-3-5-9-28)41(2)23-31-20-35(29-16-14-27(24-42)15-17-29)45-37(44-31)30-18-12-26(13-19-30)21-39-36(43)34-22-38-32-10-6-7-11-33(32)40-34/h3-19,22,25,31,35,37,42H,20-21,23-24H2,1-2H3,(H,39,43)/t25-,31+,35-,37-/m0/s1. The van der Waals surface area contributed by atoms with Gasteiger partial charge in [0.15, 0.2) is 6.29 Å². The lowest BCUT2D eigenvalue weighted by Crippen LogP contribution is -2.38. The quantitative estimate of drug-likeness (QED) is 0.194. The van der Waals surface area contributed by atoms with Crippen molar-refractivity contribution >= 4 is 16.9 Å². The number of hydrogen-bond acceptors (Lipinski definition) is 7. The Labute approximate surface area is 263 Å². The molecule has 1 fully saturated rings. The summed E-state index contributed by atoms with van der Waals surface area (Å²) in [5, 5.41) is 12.5. The molecular weight excluding hydrogens is 564 g/mol. The molecule has 230 valence electrons. The number of aromatic nitrogens is 2. The van der Waals surface area contributed by atoms with Gasteiger partial charge in [-0.05, 0) is 48.4 Å². The summed E-state index contributed by atoms with van der Waals surface area (Å²) in [6.07, 6.45) is 1.43. The third-order valence-electron chi connectivity index (χ3n) is 8.44. The number of aliphatic hydroxyl groups is 1. The molecule has 0 saturated carbocycles. The summed E-state index contributed by atoms with van der Waals surface area (Å²) in [4.78, 5) is 23.9. The minimum atomic E-state index is -0.553. The van der Waals surface area contributed by atoms with Crippen molar-refractivity contribution in [1.82, 2.24) is 20.2 Å². The first-order valence-corrected chi connectivity index (χ1v) is 15.3. The number of rotatable bonds is 10. The molecule has 1 saturated heterocycles. The summed E-state index contributed by atoms with van der Waals surface area (Å²) in [5.74, 6) is -0.275. The highest BCUT2D eigenvalue weighted by molar-refractivity contribution is 5.93. The molecule has 2 N–H and O–H groups in total. The number of carbonyl (C=O) groups excluding carboxylic acids is 1. The molecule has 6 rings (SSSR count). The average molecular weight is 603 g/mol. The fourth-order valence-corrected chi connectivity index (χ4v) is 5.63. The Kier molecular flexibility index (Phi) is 9.57. The van der Waals surface area contributed by atoms with E-state index >= 15 is 0 Å². The molecule has 45 heavy (non-hydrogen) atoms. The largest absolute Gasteiger partial charge is 0.392 e. The van der Waals surface area contributed by atoms with Gasteiger partial charge in [0.05, 0.1) is 36.0 Å². The molecule has 0 bridgehead atoms. The van der Waals surface area contributed by atoms with Crippen LogP contribution in [0.4, 0.5) is 0 Å². The summed E-state index contributed by atoms with van der Waals surface area (Å²) < 4.78 is 13.1. The van der Waals surface area contributed by atoms with Crippen LogP contribution in [-0.2, 0) is 22.6 Å². The first-order valence-electron chi connectivity index (χ1n) is 15.3. The molecule has 8 heteroatoms. The van der Waals surface area contributed by atoms with Crippen LogP contribution in [0.2, 0.25) is 0 Å². The predicted molar refractivity (Wildman–Crippen MR) is 173 cm³/mol. The summed E-state index contributed by atoms with van der Waals surface area (Å²) in [6, 6.07) is 34.1. The molecule has 4 atom stereocenters. The van der Waals surface area contributed by atoms with Crippen LogP contribution >= 0.6 is 0 Å². The maximum absolute atomic E-state index is 12.8. The van der Waals surface area contributed by atoms with E-state index in [9.17, 15) is 9.90 Å². The van der Waals surface area contributed by atoms with Crippen LogP contribution in [0.5, 0.6) is 0 Å². The third kappa shape index (κ3) is 7.44. The summed E-state index contributed by atoms with van der Waals surface area (Å²) >= 11 is 0. The van der Waals surface area contributed by atoms with Crippen LogP contribution < -0.4 is 5.32 Å². The van der Waals surface area contributed by atoms with Gasteiger partial charge in [-0.2, -0.15) is 0 Å². The summed E-state index contributed by atoms with van der Waals surface area (Å²) in [6.45, 7) is 3.31. The van der Waals surface area contributed by atoms with Gasteiger partial charge in [0, 0.05) is 31.1 Å². The van der Waals surface area contributed by atoms with E-state index in [0.717, 1.165) is 34.3 Å². The van der Waals surface area contributed by atoms with Crippen molar-refractivity contribution in [2.75, 3.05) is 13.6 Å². The van der Waals surface area contributed by atoms with Gasteiger partial charge in [0.25, 0.3) is 5.91 Å². The van der Waals surface area contributed by atoms with Crippen LogP contribution in [0, 0.1) is 0 Å². The number of hydrogen-bond donors (Lipinski definition) is 2. The number of fused-ring (bicyclic) bond motifs is 1. The average Bonchev–Trinajstić information content (AvgIpc) is 3.10. The zero-order chi connectivity index (χ0) is 31.2. The van der Waals surface area contributed by atoms with E-state index in [-0.39, 0.29) is 36.5 Å². The summed E-state index contributed by atoms with van der Waals surface area (Å²) in [7, 11) is 2.13. The van der Waals surface area contributed by atoms with Gasteiger partial charge in [-0.15, -0.1) is 0 Å². The Morgan fingerprint density at radius 3 is 2.29 bits per heavy atom. The molecule has 1 aliphatic rings. The highest BCUT2D eigenvalue weighted by Crippen LogP contribution is 2.38. The zero-order valence-corrected chi connectivity index (χ0v) is 25.5. The van der Waals surface area contributed by atoms with Gasteiger partial charge in [0.1, 0.15) is 5.69 Å². The van der Waals surface area contributed by atoms with Crippen molar-refractivity contribution in [3.05, 3.63) is 143 Å². The lowest BCUT2D eigenvalue weighted by atomic mass is 9.99. The molecule has 1 aromatic heterocycles. The van der Waals surface area contributed by atoms with E-state index in [4.69, 9.17) is 9.47 Å². The first kappa shape index (κ1) is 30.6. The molecule has 1 aliphatic heterocycles. The Balaban J connectivity index is 1.14. The topological polar surface area (TPSA) is 96.8 Å². The second kappa shape index (κ2) is 14.1.